The molecule has 10 heteroatoms. The highest BCUT2D eigenvalue weighted by molar-refractivity contribution is 7.96. The SMILES string of the molecule is CC(=O)N1CCN([C@@H]2CS(=O)(=O)C[C@H]2S(=O)(=O)c2ccc(Cl)cc2)CC1. The summed E-state index contributed by atoms with van der Waals surface area (Å²) in [6.45, 7) is 3.36. The highest BCUT2D eigenvalue weighted by Crippen LogP contribution is 2.30. The largest absolute Gasteiger partial charge is 0.340 e. The Morgan fingerprint density at radius 1 is 1.08 bits per heavy atom. The van der Waals surface area contributed by atoms with Crippen molar-refractivity contribution in [1.82, 2.24) is 9.80 Å². The van der Waals surface area contributed by atoms with E-state index in [0.717, 1.165) is 0 Å². The molecular formula is C16H21ClN2O5S2. The van der Waals surface area contributed by atoms with Gasteiger partial charge in [-0.05, 0) is 24.3 Å². The average Bonchev–Trinajstić information content (AvgIpc) is 2.92. The smallest absolute Gasteiger partial charge is 0.219 e. The van der Waals surface area contributed by atoms with Gasteiger partial charge in [-0.2, -0.15) is 0 Å². The summed E-state index contributed by atoms with van der Waals surface area (Å²) in [5.41, 5.74) is 0. The first-order valence-corrected chi connectivity index (χ1v) is 12.0. The second kappa shape index (κ2) is 7.10. The predicted octanol–water partition coefficient (Wildman–Crippen LogP) is 0.443. The molecule has 3 rings (SSSR count). The summed E-state index contributed by atoms with van der Waals surface area (Å²) >= 11 is 5.83. The molecule has 2 fully saturated rings. The van der Waals surface area contributed by atoms with Crippen molar-refractivity contribution in [3.05, 3.63) is 29.3 Å². The number of nitrogens with zero attached hydrogens (tertiary/aromatic N) is 2. The molecule has 2 saturated heterocycles. The van der Waals surface area contributed by atoms with Crippen LogP contribution in [0, 0.1) is 0 Å². The maximum absolute atomic E-state index is 13.1. The van der Waals surface area contributed by atoms with Crippen molar-refractivity contribution in [3.63, 3.8) is 0 Å². The first-order valence-electron chi connectivity index (χ1n) is 8.29. The Kier molecular flexibility index (Phi) is 5.35. The molecule has 26 heavy (non-hydrogen) atoms. The van der Waals surface area contributed by atoms with Crippen LogP contribution in [0.4, 0.5) is 0 Å². The minimum Gasteiger partial charge on any atom is -0.340 e. The molecule has 2 aliphatic heterocycles. The van der Waals surface area contributed by atoms with E-state index in [0.29, 0.717) is 31.2 Å². The van der Waals surface area contributed by atoms with E-state index in [4.69, 9.17) is 11.6 Å². The predicted molar refractivity (Wildman–Crippen MR) is 98.7 cm³/mol. The Morgan fingerprint density at radius 2 is 1.65 bits per heavy atom. The molecule has 1 aromatic rings. The molecule has 7 nitrogen and oxygen atoms in total. The fourth-order valence-corrected chi connectivity index (χ4v) is 8.56. The van der Waals surface area contributed by atoms with Gasteiger partial charge in [0.2, 0.25) is 5.91 Å². The van der Waals surface area contributed by atoms with E-state index >= 15 is 0 Å². The van der Waals surface area contributed by atoms with Gasteiger partial charge in [-0.25, -0.2) is 16.8 Å². The third kappa shape index (κ3) is 3.90. The third-order valence-electron chi connectivity index (χ3n) is 5.04. The van der Waals surface area contributed by atoms with E-state index in [1.807, 2.05) is 4.90 Å². The molecule has 0 saturated carbocycles. The molecular weight excluding hydrogens is 400 g/mol. The van der Waals surface area contributed by atoms with E-state index in [2.05, 4.69) is 0 Å². The number of carbonyl (C=O) groups is 1. The molecule has 2 atom stereocenters. The number of piperazine rings is 1. The Morgan fingerprint density at radius 3 is 2.19 bits per heavy atom. The van der Waals surface area contributed by atoms with E-state index in [1.165, 1.54) is 31.2 Å². The van der Waals surface area contributed by atoms with Gasteiger partial charge in [-0.15, -0.1) is 0 Å². The number of hydrogen-bond acceptors (Lipinski definition) is 6. The van der Waals surface area contributed by atoms with Gasteiger partial charge in [0, 0.05) is 44.2 Å². The number of sulfone groups is 2. The Bertz CT molecular complexity index is 891. The maximum atomic E-state index is 13.1. The summed E-state index contributed by atoms with van der Waals surface area (Å²) in [6.07, 6.45) is 0. The number of amides is 1. The Labute approximate surface area is 158 Å². The third-order valence-corrected chi connectivity index (χ3v) is 9.43. The zero-order valence-corrected chi connectivity index (χ0v) is 16.7. The van der Waals surface area contributed by atoms with E-state index in [9.17, 15) is 21.6 Å². The van der Waals surface area contributed by atoms with Crippen molar-refractivity contribution in [3.8, 4) is 0 Å². The van der Waals surface area contributed by atoms with E-state index in [-0.39, 0.29) is 22.3 Å². The van der Waals surface area contributed by atoms with Crippen LogP contribution < -0.4 is 0 Å². The van der Waals surface area contributed by atoms with Crippen LogP contribution >= 0.6 is 11.6 Å². The van der Waals surface area contributed by atoms with Gasteiger partial charge in [0.1, 0.15) is 0 Å². The topological polar surface area (TPSA) is 91.8 Å². The molecule has 0 aromatic heterocycles. The molecule has 0 N–H and O–H groups in total. The molecule has 0 spiro atoms. The van der Waals surface area contributed by atoms with Gasteiger partial charge in [0.15, 0.2) is 19.7 Å². The van der Waals surface area contributed by atoms with Crippen LogP contribution in [0.3, 0.4) is 0 Å². The van der Waals surface area contributed by atoms with Gasteiger partial charge < -0.3 is 4.90 Å². The molecule has 1 amide bonds. The van der Waals surface area contributed by atoms with Crippen LogP contribution in [-0.4, -0.2) is 81.5 Å². The molecule has 144 valence electrons. The second-order valence-corrected chi connectivity index (χ2v) is 11.5. The maximum Gasteiger partial charge on any atom is 0.219 e. The molecule has 0 aliphatic carbocycles. The summed E-state index contributed by atoms with van der Waals surface area (Å²) in [5.74, 6) is -0.589. The molecule has 2 aliphatic rings. The number of halogens is 1. The average molecular weight is 421 g/mol. The lowest BCUT2D eigenvalue weighted by Crippen LogP contribution is -2.55. The summed E-state index contributed by atoms with van der Waals surface area (Å²) in [7, 11) is -7.27. The summed E-state index contributed by atoms with van der Waals surface area (Å²) in [4.78, 5) is 15.1. The lowest BCUT2D eigenvalue weighted by molar-refractivity contribution is -0.130. The zero-order valence-electron chi connectivity index (χ0n) is 14.3. The van der Waals surface area contributed by atoms with E-state index in [1.54, 1.807) is 4.90 Å². The van der Waals surface area contributed by atoms with Crippen molar-refractivity contribution in [1.29, 1.82) is 0 Å². The van der Waals surface area contributed by atoms with E-state index < -0.39 is 31.0 Å². The number of rotatable bonds is 3. The number of hydrogen-bond donors (Lipinski definition) is 0. The fraction of sp³-hybridized carbons (Fsp3) is 0.562. The summed E-state index contributed by atoms with van der Waals surface area (Å²) in [5, 5.41) is -0.600. The monoisotopic (exact) mass is 420 g/mol. The van der Waals surface area contributed by atoms with Crippen LogP contribution in [0.5, 0.6) is 0 Å². The number of benzene rings is 1. The Balaban J connectivity index is 1.87. The highest BCUT2D eigenvalue weighted by Gasteiger charge is 2.48. The van der Waals surface area contributed by atoms with Crippen LogP contribution in [0.15, 0.2) is 29.2 Å². The van der Waals surface area contributed by atoms with Crippen LogP contribution in [-0.2, 0) is 24.5 Å². The van der Waals surface area contributed by atoms with Crippen LogP contribution in [0.1, 0.15) is 6.92 Å². The lowest BCUT2D eigenvalue weighted by Gasteiger charge is -2.39. The van der Waals surface area contributed by atoms with Gasteiger partial charge in [0.05, 0.1) is 21.7 Å². The fourth-order valence-electron chi connectivity index (χ4n) is 3.60. The molecule has 0 bridgehead atoms. The van der Waals surface area contributed by atoms with Crippen LogP contribution in [0.2, 0.25) is 5.02 Å². The molecule has 1 aromatic carbocycles. The van der Waals surface area contributed by atoms with Crippen molar-refractivity contribution >= 4 is 37.2 Å². The Hall–Kier alpha value is -1.16. The molecule has 0 radical (unpaired) electrons. The normalized spacial score (nSPS) is 26.8. The minimum atomic E-state index is -3.81. The van der Waals surface area contributed by atoms with Crippen molar-refractivity contribution in [2.24, 2.45) is 0 Å². The first-order chi connectivity index (χ1) is 12.1. The van der Waals surface area contributed by atoms with Crippen LogP contribution in [0.25, 0.3) is 0 Å². The molecule has 0 unspecified atom stereocenters. The van der Waals surface area contributed by atoms with Gasteiger partial charge >= 0.3 is 0 Å². The second-order valence-electron chi connectivity index (χ2n) is 6.72. The van der Waals surface area contributed by atoms with Crippen molar-refractivity contribution in [2.75, 3.05) is 37.7 Å². The van der Waals surface area contributed by atoms with Gasteiger partial charge in [0.25, 0.3) is 0 Å². The lowest BCUT2D eigenvalue weighted by atomic mass is 10.2. The van der Waals surface area contributed by atoms with Gasteiger partial charge in [-0.1, -0.05) is 11.6 Å². The van der Waals surface area contributed by atoms with Crippen molar-refractivity contribution < 1.29 is 21.6 Å². The standard InChI is InChI=1S/C16H21ClN2O5S2/c1-12(20)18-6-8-19(9-7-18)15-10-25(21,22)11-16(15)26(23,24)14-4-2-13(17)3-5-14/h2-5,15-16H,6-11H2,1H3/t15-,16-/m1/s1. The van der Waals surface area contributed by atoms with Gasteiger partial charge in [-0.3, -0.25) is 9.69 Å². The first kappa shape index (κ1) is 19.6. The summed E-state index contributed by atoms with van der Waals surface area (Å²) < 4.78 is 50.6. The highest BCUT2D eigenvalue weighted by atomic mass is 35.5. The number of carbonyl (C=O) groups excluding carboxylic acids is 1. The molecule has 2 heterocycles. The quantitative estimate of drug-likeness (QED) is 0.704. The van der Waals surface area contributed by atoms with Crippen molar-refractivity contribution in [2.45, 2.75) is 23.1 Å². The zero-order chi connectivity index (χ0) is 19.1. The summed E-state index contributed by atoms with van der Waals surface area (Å²) in [6, 6.07) is 5.19. The minimum absolute atomic E-state index is 0.0333.